The van der Waals surface area contributed by atoms with E-state index in [1.807, 2.05) is 24.4 Å². The second-order valence-corrected chi connectivity index (χ2v) is 6.36. The van der Waals surface area contributed by atoms with Gasteiger partial charge in [-0.05, 0) is 16.3 Å². The van der Waals surface area contributed by atoms with Gasteiger partial charge in [-0.15, -0.1) is 0 Å². The lowest BCUT2D eigenvalue weighted by molar-refractivity contribution is 0.101. The average Bonchev–Trinajstić information content (AvgIpc) is 3.21. The van der Waals surface area contributed by atoms with Gasteiger partial charge in [0, 0.05) is 19.3 Å². The number of hydrogen-bond donors (Lipinski definition) is 1. The number of hydrogen-bond acceptors (Lipinski definition) is 3. The van der Waals surface area contributed by atoms with E-state index in [1.165, 1.54) is 27.2 Å². The third-order valence-electron chi connectivity index (χ3n) is 4.20. The molecule has 0 aliphatic carbocycles. The minimum absolute atomic E-state index is 0.301. The number of carbonyl (C=O) groups excluding carboxylic acids is 1. The van der Waals surface area contributed by atoms with Crippen LogP contribution in [-0.2, 0) is 13.6 Å². The zero-order chi connectivity index (χ0) is 18.1. The van der Waals surface area contributed by atoms with Gasteiger partial charge in [-0.25, -0.2) is 0 Å². The molecule has 4 rings (SSSR count). The molecule has 4 aromatic rings. The van der Waals surface area contributed by atoms with Gasteiger partial charge < -0.3 is 5.32 Å². The number of benzene rings is 2. The molecule has 1 amide bonds. The van der Waals surface area contributed by atoms with Gasteiger partial charge >= 0.3 is 0 Å². The first-order valence-corrected chi connectivity index (χ1v) is 8.48. The molecule has 0 fully saturated rings. The van der Waals surface area contributed by atoms with Crippen LogP contribution in [0.25, 0.3) is 10.8 Å². The Morgan fingerprint density at radius 3 is 2.77 bits per heavy atom. The Bertz CT molecular complexity index is 1070. The molecule has 7 heteroatoms. The van der Waals surface area contributed by atoms with Crippen LogP contribution < -0.4 is 5.32 Å². The fourth-order valence-electron chi connectivity index (χ4n) is 2.96. The molecule has 26 heavy (non-hydrogen) atoms. The second kappa shape index (κ2) is 6.65. The van der Waals surface area contributed by atoms with E-state index >= 15 is 0 Å². The van der Waals surface area contributed by atoms with Crippen LogP contribution in [0, 0.1) is 0 Å². The van der Waals surface area contributed by atoms with Crippen LogP contribution in [-0.4, -0.2) is 25.5 Å². The van der Waals surface area contributed by atoms with Gasteiger partial charge in [0.15, 0.2) is 5.82 Å². The van der Waals surface area contributed by atoms with Crippen molar-refractivity contribution < 1.29 is 4.79 Å². The molecule has 0 aliphatic heterocycles. The summed E-state index contributed by atoms with van der Waals surface area (Å²) < 4.78 is 3.23. The molecule has 0 aliphatic rings. The Morgan fingerprint density at radius 1 is 1.15 bits per heavy atom. The lowest BCUT2D eigenvalue weighted by Gasteiger charge is -2.07. The first kappa shape index (κ1) is 16.4. The van der Waals surface area contributed by atoms with E-state index in [0.717, 1.165) is 0 Å². The monoisotopic (exact) mass is 365 g/mol. The van der Waals surface area contributed by atoms with E-state index in [-0.39, 0.29) is 5.91 Å². The summed E-state index contributed by atoms with van der Waals surface area (Å²) in [6, 6.07) is 16.2. The molecule has 2 heterocycles. The van der Waals surface area contributed by atoms with E-state index in [2.05, 4.69) is 39.8 Å². The fraction of sp³-hybridized carbons (Fsp3) is 0.105. The van der Waals surface area contributed by atoms with E-state index in [1.54, 1.807) is 17.8 Å². The molecule has 2 aromatic carbocycles. The summed E-state index contributed by atoms with van der Waals surface area (Å²) in [7, 11) is 1.67. The quantitative estimate of drug-likeness (QED) is 0.599. The van der Waals surface area contributed by atoms with Crippen LogP contribution in [0.1, 0.15) is 16.1 Å². The number of nitrogens with one attached hydrogen (secondary N) is 1. The van der Waals surface area contributed by atoms with Crippen LogP contribution in [0.4, 0.5) is 5.82 Å². The van der Waals surface area contributed by atoms with Crippen molar-refractivity contribution in [3.8, 4) is 0 Å². The normalized spacial score (nSPS) is 11.0. The number of nitrogens with zero attached hydrogens (tertiary/aromatic N) is 4. The van der Waals surface area contributed by atoms with Gasteiger partial charge in [-0.1, -0.05) is 54.1 Å². The number of aryl methyl sites for hydroxylation is 1. The fourth-order valence-corrected chi connectivity index (χ4v) is 3.21. The first-order chi connectivity index (χ1) is 12.6. The largest absolute Gasteiger partial charge is 0.304 e. The highest BCUT2D eigenvalue weighted by Gasteiger charge is 2.16. The highest BCUT2D eigenvalue weighted by atomic mass is 35.5. The SMILES string of the molecule is Cn1ncc(Cl)c1C(=O)Nc1ccn(Cc2cccc3ccccc23)n1. The van der Waals surface area contributed by atoms with Crippen LogP contribution >= 0.6 is 11.6 Å². The Labute approximate surface area is 155 Å². The van der Waals surface area contributed by atoms with Crippen molar-refractivity contribution >= 4 is 34.1 Å². The lowest BCUT2D eigenvalue weighted by atomic mass is 10.0. The van der Waals surface area contributed by atoms with Crippen molar-refractivity contribution in [1.82, 2.24) is 19.6 Å². The summed E-state index contributed by atoms with van der Waals surface area (Å²) in [5.74, 6) is 0.123. The highest BCUT2D eigenvalue weighted by Crippen LogP contribution is 2.20. The van der Waals surface area contributed by atoms with Crippen molar-refractivity contribution in [2.45, 2.75) is 6.54 Å². The first-order valence-electron chi connectivity index (χ1n) is 8.11. The van der Waals surface area contributed by atoms with E-state index in [9.17, 15) is 4.79 Å². The van der Waals surface area contributed by atoms with Gasteiger partial charge in [-0.2, -0.15) is 10.2 Å². The summed E-state index contributed by atoms with van der Waals surface area (Å²) in [6.45, 7) is 0.615. The highest BCUT2D eigenvalue weighted by molar-refractivity contribution is 6.34. The molecular weight excluding hydrogens is 350 g/mol. The molecule has 0 bridgehead atoms. The second-order valence-electron chi connectivity index (χ2n) is 5.96. The molecule has 0 saturated heterocycles. The van der Waals surface area contributed by atoms with Crippen LogP contribution in [0.15, 0.2) is 60.9 Å². The molecule has 2 aromatic heterocycles. The van der Waals surface area contributed by atoms with Crippen molar-refractivity contribution in [2.75, 3.05) is 5.32 Å². The molecule has 1 N–H and O–H groups in total. The van der Waals surface area contributed by atoms with Crippen LogP contribution in [0.2, 0.25) is 5.02 Å². The van der Waals surface area contributed by atoms with E-state index in [4.69, 9.17) is 11.6 Å². The zero-order valence-electron chi connectivity index (χ0n) is 14.1. The van der Waals surface area contributed by atoms with Crippen LogP contribution in [0.3, 0.4) is 0 Å². The van der Waals surface area contributed by atoms with Crippen molar-refractivity contribution in [3.05, 3.63) is 77.2 Å². The number of rotatable bonds is 4. The van der Waals surface area contributed by atoms with Gasteiger partial charge in [0.2, 0.25) is 0 Å². The Hall–Kier alpha value is -3.12. The van der Waals surface area contributed by atoms with E-state index in [0.29, 0.717) is 23.1 Å². The third kappa shape index (κ3) is 3.07. The van der Waals surface area contributed by atoms with Gasteiger partial charge in [-0.3, -0.25) is 14.2 Å². The maximum atomic E-state index is 12.4. The number of fused-ring (bicyclic) bond motifs is 1. The summed E-state index contributed by atoms with van der Waals surface area (Å²) in [5.41, 5.74) is 1.47. The van der Waals surface area contributed by atoms with Crippen molar-refractivity contribution in [1.29, 1.82) is 0 Å². The number of anilines is 1. The average molecular weight is 366 g/mol. The predicted octanol–water partition coefficient (Wildman–Crippen LogP) is 3.72. The predicted molar refractivity (Wildman–Crippen MR) is 101 cm³/mol. The molecule has 0 unspecified atom stereocenters. The number of carbonyl (C=O) groups is 1. The minimum atomic E-state index is -0.342. The van der Waals surface area contributed by atoms with Crippen molar-refractivity contribution in [2.24, 2.45) is 7.05 Å². The zero-order valence-corrected chi connectivity index (χ0v) is 14.8. The topological polar surface area (TPSA) is 64.7 Å². The third-order valence-corrected chi connectivity index (χ3v) is 4.48. The molecule has 0 atom stereocenters. The van der Waals surface area contributed by atoms with Gasteiger partial charge in [0.05, 0.1) is 17.8 Å². The minimum Gasteiger partial charge on any atom is -0.304 e. The molecule has 0 saturated carbocycles. The Kier molecular flexibility index (Phi) is 4.18. The Balaban J connectivity index is 1.54. The summed E-state index contributed by atoms with van der Waals surface area (Å²) >= 11 is 6.00. The summed E-state index contributed by atoms with van der Waals surface area (Å²) in [5, 5.41) is 13.8. The summed E-state index contributed by atoms with van der Waals surface area (Å²) in [4.78, 5) is 12.4. The lowest BCUT2D eigenvalue weighted by Crippen LogP contribution is -2.17. The Morgan fingerprint density at radius 2 is 1.96 bits per heavy atom. The maximum absolute atomic E-state index is 12.4. The standard InChI is InChI=1S/C19H16ClN5O/c1-24-18(16(20)11-21-24)19(26)22-17-9-10-25(23-17)12-14-7-4-6-13-5-2-3-8-15(13)14/h2-11H,12H2,1H3,(H,22,23,26). The van der Waals surface area contributed by atoms with Gasteiger partial charge in [0.1, 0.15) is 5.69 Å². The molecule has 130 valence electrons. The molecule has 6 nitrogen and oxygen atoms in total. The van der Waals surface area contributed by atoms with Gasteiger partial charge in [0.25, 0.3) is 5.91 Å². The molecular formula is C19H16ClN5O. The van der Waals surface area contributed by atoms with Crippen molar-refractivity contribution in [3.63, 3.8) is 0 Å². The number of amides is 1. The smallest absolute Gasteiger partial charge is 0.276 e. The molecule has 0 spiro atoms. The van der Waals surface area contributed by atoms with Crippen LogP contribution in [0.5, 0.6) is 0 Å². The number of halogens is 1. The van der Waals surface area contributed by atoms with E-state index < -0.39 is 0 Å². The maximum Gasteiger partial charge on any atom is 0.276 e. The summed E-state index contributed by atoms with van der Waals surface area (Å²) in [6.07, 6.45) is 3.28. The molecule has 0 radical (unpaired) electrons. The number of aromatic nitrogens is 4.